The second kappa shape index (κ2) is 5.17. The maximum absolute atomic E-state index is 12.8. The fraction of sp³-hybridized carbons (Fsp3) is 0.438. The molecule has 1 aromatic rings. The lowest BCUT2D eigenvalue weighted by Crippen LogP contribution is -2.42. The van der Waals surface area contributed by atoms with Crippen LogP contribution < -0.4 is 0 Å². The first kappa shape index (κ1) is 13.6. The standard InChI is InChI=1S/C16H19NO2S/c1-10-11(2)20-16-13(7-5-9-17(10)16)15(19)12-6-3-4-8-14(12)18/h3-4,6,8,13,16,18H,5,7,9H2,1-2H3. The summed E-state index contributed by atoms with van der Waals surface area (Å²) in [6, 6.07) is 6.87. The molecule has 0 saturated carbocycles. The topological polar surface area (TPSA) is 40.5 Å². The Hall–Kier alpha value is -1.42. The lowest BCUT2D eigenvalue weighted by molar-refractivity contribution is 0.0825. The number of thioether (sulfide) groups is 1. The van der Waals surface area contributed by atoms with E-state index in [1.165, 1.54) is 10.6 Å². The van der Waals surface area contributed by atoms with Crippen LogP contribution in [-0.2, 0) is 0 Å². The van der Waals surface area contributed by atoms with Crippen molar-refractivity contribution in [2.75, 3.05) is 6.54 Å². The van der Waals surface area contributed by atoms with Crippen LogP contribution in [0.5, 0.6) is 5.75 Å². The number of nitrogens with zero attached hydrogens (tertiary/aromatic N) is 1. The van der Waals surface area contributed by atoms with Gasteiger partial charge in [-0.1, -0.05) is 12.1 Å². The van der Waals surface area contributed by atoms with Crippen LogP contribution in [0.4, 0.5) is 0 Å². The van der Waals surface area contributed by atoms with Crippen molar-refractivity contribution >= 4 is 17.5 Å². The number of carbonyl (C=O) groups is 1. The summed E-state index contributed by atoms with van der Waals surface area (Å²) in [5.41, 5.74) is 1.76. The minimum absolute atomic E-state index is 0.0329. The molecule has 1 aromatic carbocycles. The Kier molecular flexibility index (Phi) is 3.50. The Morgan fingerprint density at radius 1 is 1.35 bits per heavy atom. The van der Waals surface area contributed by atoms with Crippen LogP contribution in [0.15, 0.2) is 34.9 Å². The highest BCUT2D eigenvalue weighted by molar-refractivity contribution is 8.03. The van der Waals surface area contributed by atoms with Gasteiger partial charge in [0.1, 0.15) is 5.75 Å². The summed E-state index contributed by atoms with van der Waals surface area (Å²) in [4.78, 5) is 16.4. The third-order valence-electron chi connectivity index (χ3n) is 4.31. The minimum Gasteiger partial charge on any atom is -0.507 e. The summed E-state index contributed by atoms with van der Waals surface area (Å²) >= 11 is 1.80. The van der Waals surface area contributed by atoms with Crippen LogP contribution in [0.3, 0.4) is 0 Å². The zero-order valence-electron chi connectivity index (χ0n) is 11.8. The van der Waals surface area contributed by atoms with Crippen molar-refractivity contribution in [2.24, 2.45) is 5.92 Å². The minimum atomic E-state index is -0.0329. The number of carbonyl (C=O) groups excluding carboxylic acids is 1. The SMILES string of the molecule is CC1=C(C)N2CCCC(C(=O)c3ccccc3O)C2S1. The number of phenols is 1. The Morgan fingerprint density at radius 2 is 2.10 bits per heavy atom. The first-order valence-electron chi connectivity index (χ1n) is 7.02. The molecule has 0 spiro atoms. The molecule has 0 amide bonds. The van der Waals surface area contributed by atoms with Crippen LogP contribution in [-0.4, -0.2) is 27.7 Å². The molecule has 3 rings (SSSR count). The Balaban J connectivity index is 1.88. The molecule has 2 aliphatic heterocycles. The maximum atomic E-state index is 12.8. The van der Waals surface area contributed by atoms with Crippen molar-refractivity contribution < 1.29 is 9.90 Å². The number of para-hydroxylation sites is 1. The van der Waals surface area contributed by atoms with Gasteiger partial charge in [0.2, 0.25) is 0 Å². The van der Waals surface area contributed by atoms with E-state index in [0.29, 0.717) is 5.56 Å². The fourth-order valence-corrected chi connectivity index (χ4v) is 4.55. The number of Topliss-reactive ketones (excluding diaryl/α,β-unsaturated/α-hetero) is 1. The van der Waals surface area contributed by atoms with E-state index in [2.05, 4.69) is 18.7 Å². The van der Waals surface area contributed by atoms with Gasteiger partial charge >= 0.3 is 0 Å². The molecule has 1 N–H and O–H groups in total. The van der Waals surface area contributed by atoms with E-state index >= 15 is 0 Å². The first-order chi connectivity index (χ1) is 9.59. The van der Waals surface area contributed by atoms with Crippen molar-refractivity contribution in [3.05, 3.63) is 40.4 Å². The average Bonchev–Trinajstić information content (AvgIpc) is 2.74. The number of benzene rings is 1. The smallest absolute Gasteiger partial charge is 0.172 e. The molecule has 1 fully saturated rings. The van der Waals surface area contributed by atoms with Crippen molar-refractivity contribution in [2.45, 2.75) is 32.1 Å². The molecule has 0 aromatic heterocycles. The van der Waals surface area contributed by atoms with Crippen LogP contribution in [0.2, 0.25) is 0 Å². The quantitative estimate of drug-likeness (QED) is 0.844. The number of rotatable bonds is 2. The molecule has 0 radical (unpaired) electrons. The molecule has 106 valence electrons. The Bertz CT molecular complexity index is 582. The molecule has 2 heterocycles. The van der Waals surface area contributed by atoms with Gasteiger partial charge in [-0.05, 0) is 38.8 Å². The Morgan fingerprint density at radius 3 is 2.85 bits per heavy atom. The number of hydrogen-bond acceptors (Lipinski definition) is 4. The van der Waals surface area contributed by atoms with E-state index in [9.17, 15) is 9.90 Å². The molecule has 3 nitrogen and oxygen atoms in total. The summed E-state index contributed by atoms with van der Waals surface area (Å²) in [5.74, 6) is 0.140. The van der Waals surface area contributed by atoms with Crippen molar-refractivity contribution in [1.82, 2.24) is 4.90 Å². The third-order valence-corrected chi connectivity index (χ3v) is 5.78. The molecule has 4 heteroatoms. The van der Waals surface area contributed by atoms with Gasteiger partial charge in [0.05, 0.1) is 16.9 Å². The number of piperidine rings is 1. The fourth-order valence-electron chi connectivity index (χ4n) is 3.08. The summed E-state index contributed by atoms with van der Waals surface area (Å²) in [6.45, 7) is 5.29. The van der Waals surface area contributed by atoms with Crippen molar-refractivity contribution in [3.63, 3.8) is 0 Å². The zero-order valence-corrected chi connectivity index (χ0v) is 12.6. The summed E-state index contributed by atoms with van der Waals surface area (Å²) in [6.07, 6.45) is 1.94. The maximum Gasteiger partial charge on any atom is 0.172 e. The van der Waals surface area contributed by atoms with E-state index in [0.717, 1.165) is 19.4 Å². The molecule has 2 atom stereocenters. The van der Waals surface area contributed by atoms with Gasteiger partial charge in [0, 0.05) is 17.1 Å². The first-order valence-corrected chi connectivity index (χ1v) is 7.90. The van der Waals surface area contributed by atoms with Crippen molar-refractivity contribution in [3.8, 4) is 5.75 Å². The number of aromatic hydroxyl groups is 1. The van der Waals surface area contributed by atoms with Gasteiger partial charge in [-0.25, -0.2) is 0 Å². The average molecular weight is 289 g/mol. The Labute approximate surface area is 123 Å². The summed E-state index contributed by atoms with van der Waals surface area (Å²) in [5, 5.41) is 10.1. The number of ketones is 1. The predicted octanol–water partition coefficient (Wildman–Crippen LogP) is 3.61. The van der Waals surface area contributed by atoms with E-state index < -0.39 is 0 Å². The van der Waals surface area contributed by atoms with Crippen molar-refractivity contribution in [1.29, 1.82) is 0 Å². The third kappa shape index (κ3) is 2.12. The van der Waals surface area contributed by atoms with Gasteiger partial charge in [-0.15, -0.1) is 11.8 Å². The summed E-state index contributed by atoms with van der Waals surface area (Å²) < 4.78 is 0. The normalized spacial score (nSPS) is 25.8. The molecular weight excluding hydrogens is 270 g/mol. The zero-order chi connectivity index (χ0) is 14.3. The highest BCUT2D eigenvalue weighted by Crippen LogP contribution is 2.46. The van der Waals surface area contributed by atoms with Crippen LogP contribution in [0.1, 0.15) is 37.0 Å². The van der Waals surface area contributed by atoms with E-state index in [-0.39, 0.29) is 22.8 Å². The van der Waals surface area contributed by atoms with Crippen LogP contribution in [0, 0.1) is 5.92 Å². The highest BCUT2D eigenvalue weighted by atomic mass is 32.2. The van der Waals surface area contributed by atoms with E-state index in [4.69, 9.17) is 0 Å². The number of hydrogen-bond donors (Lipinski definition) is 1. The molecule has 0 bridgehead atoms. The molecular formula is C16H19NO2S. The monoisotopic (exact) mass is 289 g/mol. The van der Waals surface area contributed by atoms with Gasteiger partial charge in [-0.3, -0.25) is 4.79 Å². The molecule has 2 unspecified atom stereocenters. The largest absolute Gasteiger partial charge is 0.507 e. The summed E-state index contributed by atoms with van der Waals surface area (Å²) in [7, 11) is 0. The molecule has 0 aliphatic carbocycles. The van der Waals surface area contributed by atoms with Gasteiger partial charge in [0.25, 0.3) is 0 Å². The van der Waals surface area contributed by atoms with Gasteiger partial charge < -0.3 is 10.0 Å². The second-order valence-electron chi connectivity index (χ2n) is 5.47. The predicted molar refractivity (Wildman–Crippen MR) is 81.6 cm³/mol. The molecule has 2 aliphatic rings. The lowest BCUT2D eigenvalue weighted by Gasteiger charge is -2.37. The number of allylic oxidation sites excluding steroid dienone is 2. The second-order valence-corrected chi connectivity index (χ2v) is 6.80. The van der Waals surface area contributed by atoms with E-state index in [1.807, 2.05) is 6.07 Å². The van der Waals surface area contributed by atoms with E-state index in [1.54, 1.807) is 30.0 Å². The van der Waals surface area contributed by atoms with Crippen LogP contribution >= 0.6 is 11.8 Å². The van der Waals surface area contributed by atoms with Crippen LogP contribution in [0.25, 0.3) is 0 Å². The number of fused-ring (bicyclic) bond motifs is 1. The highest BCUT2D eigenvalue weighted by Gasteiger charge is 2.41. The number of phenolic OH excluding ortho intramolecular Hbond substituents is 1. The lowest BCUT2D eigenvalue weighted by atomic mass is 9.89. The van der Waals surface area contributed by atoms with Gasteiger partial charge in [0.15, 0.2) is 5.78 Å². The molecule has 20 heavy (non-hydrogen) atoms. The van der Waals surface area contributed by atoms with Gasteiger partial charge in [-0.2, -0.15) is 0 Å². The molecule has 1 saturated heterocycles.